The number of anilines is 1. The Labute approximate surface area is 235 Å². The molecule has 2 heterocycles. The first-order valence-electron chi connectivity index (χ1n) is 13.6. The summed E-state index contributed by atoms with van der Waals surface area (Å²) in [5.41, 5.74) is 8.00. The maximum absolute atomic E-state index is 13.6. The van der Waals surface area contributed by atoms with E-state index in [2.05, 4.69) is 10.6 Å². The van der Waals surface area contributed by atoms with Gasteiger partial charge in [-0.05, 0) is 65.2 Å². The monoisotopic (exact) mass is 564 g/mol. The Morgan fingerprint density at radius 1 is 0.900 bits per heavy atom. The molecule has 3 atom stereocenters. The minimum atomic E-state index is -0.996. The smallest absolute Gasteiger partial charge is 0.252 e. The molecule has 12 heteroatoms. The van der Waals surface area contributed by atoms with Crippen molar-refractivity contribution < 1.29 is 38.4 Å². The third kappa shape index (κ3) is 7.36. The van der Waals surface area contributed by atoms with Gasteiger partial charge in [0.25, 0.3) is 11.8 Å². The zero-order chi connectivity index (χ0) is 30.0. The SMILES string of the molecule is CC(=O)N(CC(O)CN)c1c(C)c(C(=O)NCC2COC(C)(C)O2)c(C)c(C(=O)NCC2COC(C)(C)O2)c1C. The van der Waals surface area contributed by atoms with Gasteiger partial charge < -0.3 is 45.3 Å². The molecule has 12 nitrogen and oxygen atoms in total. The first-order chi connectivity index (χ1) is 18.6. The molecule has 0 aliphatic carbocycles. The molecular formula is C28H44N4O8. The van der Waals surface area contributed by atoms with Gasteiger partial charge in [0, 0.05) is 37.7 Å². The number of carbonyl (C=O) groups excluding carboxylic acids is 3. The summed E-state index contributed by atoms with van der Waals surface area (Å²) in [7, 11) is 0. The Morgan fingerprint density at radius 2 is 1.32 bits per heavy atom. The Hall–Kier alpha value is -2.61. The first kappa shape index (κ1) is 31.9. The highest BCUT2D eigenvalue weighted by Crippen LogP contribution is 2.35. The Bertz CT molecular complexity index is 1070. The third-order valence-electron chi connectivity index (χ3n) is 7.10. The molecule has 224 valence electrons. The fraction of sp³-hybridized carbons (Fsp3) is 0.679. The van der Waals surface area contributed by atoms with Crippen LogP contribution >= 0.6 is 0 Å². The minimum absolute atomic E-state index is 0.0615. The van der Waals surface area contributed by atoms with Gasteiger partial charge in [0.15, 0.2) is 11.6 Å². The summed E-state index contributed by atoms with van der Waals surface area (Å²) in [5.74, 6) is -2.68. The highest BCUT2D eigenvalue weighted by atomic mass is 16.7. The molecule has 2 fully saturated rings. The summed E-state index contributed by atoms with van der Waals surface area (Å²) in [6.07, 6.45) is -1.67. The number of ether oxygens (including phenoxy) is 4. The summed E-state index contributed by atoms with van der Waals surface area (Å²) in [6.45, 7) is 14.6. The molecular weight excluding hydrogens is 520 g/mol. The first-order valence-corrected chi connectivity index (χ1v) is 13.6. The average molecular weight is 565 g/mol. The van der Waals surface area contributed by atoms with Crippen LogP contribution in [0.5, 0.6) is 0 Å². The highest BCUT2D eigenvalue weighted by Gasteiger charge is 2.35. The van der Waals surface area contributed by atoms with Gasteiger partial charge >= 0.3 is 0 Å². The second-order valence-electron chi connectivity index (χ2n) is 11.3. The largest absolute Gasteiger partial charge is 0.390 e. The normalized spacial score (nSPS) is 22.1. The van der Waals surface area contributed by atoms with E-state index < -0.39 is 29.5 Å². The van der Waals surface area contributed by atoms with Gasteiger partial charge in [-0.1, -0.05) is 0 Å². The van der Waals surface area contributed by atoms with Crippen molar-refractivity contribution in [2.45, 2.75) is 85.3 Å². The number of amides is 3. The van der Waals surface area contributed by atoms with Crippen molar-refractivity contribution >= 4 is 23.4 Å². The second kappa shape index (κ2) is 12.5. The number of nitrogens with two attached hydrogens (primary N) is 1. The van der Waals surface area contributed by atoms with E-state index >= 15 is 0 Å². The molecule has 2 aliphatic heterocycles. The van der Waals surface area contributed by atoms with Gasteiger partial charge in [-0.25, -0.2) is 0 Å². The van der Waals surface area contributed by atoms with Crippen LogP contribution in [0.15, 0.2) is 0 Å². The fourth-order valence-corrected chi connectivity index (χ4v) is 5.27. The van der Waals surface area contributed by atoms with Crippen molar-refractivity contribution in [1.82, 2.24) is 10.6 Å². The predicted molar refractivity (Wildman–Crippen MR) is 148 cm³/mol. The van der Waals surface area contributed by atoms with Crippen molar-refractivity contribution in [2.24, 2.45) is 5.73 Å². The van der Waals surface area contributed by atoms with Crippen molar-refractivity contribution in [1.29, 1.82) is 0 Å². The van der Waals surface area contributed by atoms with Crippen LogP contribution in [0.2, 0.25) is 0 Å². The van der Waals surface area contributed by atoms with E-state index in [4.69, 9.17) is 24.7 Å². The average Bonchev–Trinajstić information content (AvgIpc) is 3.39. The molecule has 3 amide bonds. The molecule has 5 N–H and O–H groups in total. The van der Waals surface area contributed by atoms with Crippen LogP contribution in [-0.4, -0.2) is 92.1 Å². The van der Waals surface area contributed by atoms with E-state index in [1.165, 1.54) is 11.8 Å². The van der Waals surface area contributed by atoms with Gasteiger partial charge in [-0.3, -0.25) is 14.4 Å². The summed E-state index contributed by atoms with van der Waals surface area (Å²) in [5, 5.41) is 16.1. The summed E-state index contributed by atoms with van der Waals surface area (Å²) in [4.78, 5) is 41.4. The Balaban J connectivity index is 2.00. The molecule has 40 heavy (non-hydrogen) atoms. The van der Waals surface area contributed by atoms with Crippen molar-refractivity contribution in [3.8, 4) is 0 Å². The van der Waals surface area contributed by atoms with Crippen LogP contribution in [0, 0.1) is 20.8 Å². The lowest BCUT2D eigenvalue weighted by atomic mass is 9.89. The van der Waals surface area contributed by atoms with Gasteiger partial charge in [-0.15, -0.1) is 0 Å². The van der Waals surface area contributed by atoms with Crippen molar-refractivity contribution in [3.63, 3.8) is 0 Å². The van der Waals surface area contributed by atoms with Gasteiger partial charge in [0.2, 0.25) is 5.91 Å². The van der Waals surface area contributed by atoms with E-state index in [-0.39, 0.29) is 55.4 Å². The minimum Gasteiger partial charge on any atom is -0.390 e. The third-order valence-corrected chi connectivity index (χ3v) is 7.10. The van der Waals surface area contributed by atoms with E-state index in [1.807, 2.05) is 0 Å². The number of rotatable bonds is 10. The topological polar surface area (TPSA) is 162 Å². The molecule has 0 spiro atoms. The molecule has 1 aromatic rings. The predicted octanol–water partition coefficient (Wildman–Crippen LogP) is 1.05. The van der Waals surface area contributed by atoms with Crippen LogP contribution < -0.4 is 21.3 Å². The lowest BCUT2D eigenvalue weighted by Gasteiger charge is -2.30. The number of hydrogen-bond acceptors (Lipinski definition) is 9. The van der Waals surface area contributed by atoms with Crippen LogP contribution in [0.25, 0.3) is 0 Å². The summed E-state index contributed by atoms with van der Waals surface area (Å²) < 4.78 is 22.8. The van der Waals surface area contributed by atoms with Gasteiger partial charge in [0.1, 0.15) is 12.2 Å². The number of nitrogens with zero attached hydrogens (tertiary/aromatic N) is 1. The lowest BCUT2D eigenvalue weighted by Crippen LogP contribution is -2.41. The van der Waals surface area contributed by atoms with Crippen LogP contribution in [-0.2, 0) is 23.7 Å². The van der Waals surface area contributed by atoms with E-state index in [9.17, 15) is 19.5 Å². The summed E-state index contributed by atoms with van der Waals surface area (Å²) in [6, 6.07) is 0. The molecule has 1 aromatic carbocycles. The molecule has 2 saturated heterocycles. The molecule has 0 aromatic heterocycles. The van der Waals surface area contributed by atoms with E-state index in [0.717, 1.165) is 0 Å². The Morgan fingerprint density at radius 3 is 1.65 bits per heavy atom. The van der Waals surface area contributed by atoms with Gasteiger partial charge in [0.05, 0.1) is 31.5 Å². The van der Waals surface area contributed by atoms with E-state index in [0.29, 0.717) is 35.6 Å². The number of nitrogens with one attached hydrogen (secondary N) is 2. The highest BCUT2D eigenvalue weighted by molar-refractivity contribution is 6.08. The quantitative estimate of drug-likeness (QED) is 0.325. The van der Waals surface area contributed by atoms with E-state index in [1.54, 1.807) is 48.5 Å². The summed E-state index contributed by atoms with van der Waals surface area (Å²) >= 11 is 0. The molecule has 0 bridgehead atoms. The molecule has 3 unspecified atom stereocenters. The number of benzene rings is 1. The van der Waals surface area contributed by atoms with Gasteiger partial charge in [-0.2, -0.15) is 0 Å². The maximum atomic E-state index is 13.6. The van der Waals surface area contributed by atoms with Crippen molar-refractivity contribution in [3.05, 3.63) is 27.8 Å². The number of aliphatic hydroxyl groups excluding tert-OH is 1. The number of aliphatic hydroxyl groups is 1. The standard InChI is InChI=1S/C28H44N4O8/c1-15-22(25(35)30-10-20-13-37-27(5,6)39-20)16(2)24(32(18(4)33)12-19(34)9-29)17(3)23(15)26(36)31-11-21-14-38-28(7,8)40-21/h19-21,34H,9-14,29H2,1-8H3,(H,30,35)(H,31,36). The Kier molecular flexibility index (Phi) is 9.97. The molecule has 3 rings (SSSR count). The number of carbonyl (C=O) groups is 3. The molecule has 2 aliphatic rings. The second-order valence-corrected chi connectivity index (χ2v) is 11.3. The number of hydrogen-bond donors (Lipinski definition) is 4. The van der Waals surface area contributed by atoms with Crippen LogP contribution in [0.4, 0.5) is 5.69 Å². The zero-order valence-electron chi connectivity index (χ0n) is 24.8. The van der Waals surface area contributed by atoms with Crippen LogP contribution in [0.3, 0.4) is 0 Å². The lowest BCUT2D eigenvalue weighted by molar-refractivity contribution is -0.138. The van der Waals surface area contributed by atoms with Crippen molar-refractivity contribution in [2.75, 3.05) is 44.3 Å². The zero-order valence-corrected chi connectivity index (χ0v) is 24.8. The fourth-order valence-electron chi connectivity index (χ4n) is 5.27. The maximum Gasteiger partial charge on any atom is 0.252 e. The van der Waals surface area contributed by atoms with Crippen LogP contribution in [0.1, 0.15) is 72.0 Å². The molecule has 0 saturated carbocycles. The molecule has 0 radical (unpaired) electrons.